The number of ether oxygens (including phenoxy) is 1. The number of carbonyl (C=O) groups is 1. The summed E-state index contributed by atoms with van der Waals surface area (Å²) in [5.74, 6) is 0.463. The molecule has 2 aromatic carbocycles. The second-order valence-electron chi connectivity index (χ2n) is 8.43. The summed E-state index contributed by atoms with van der Waals surface area (Å²) in [5.41, 5.74) is 7.25. The van der Waals surface area contributed by atoms with Crippen molar-refractivity contribution in [2.45, 2.75) is 34.6 Å². The molecule has 4 rings (SSSR count). The number of benzene rings is 3. The summed E-state index contributed by atoms with van der Waals surface area (Å²) < 4.78 is 44.5. The molecule has 9 nitrogen and oxygen atoms in total. The van der Waals surface area contributed by atoms with E-state index >= 15 is 0 Å². The number of nitrogens with one attached hydrogen (secondary N) is 1. The van der Waals surface area contributed by atoms with Crippen molar-refractivity contribution in [1.29, 1.82) is 0 Å². The highest BCUT2D eigenvalue weighted by Crippen LogP contribution is 2.41. The molecule has 0 saturated carbocycles. The molecule has 1 aliphatic heterocycles. The van der Waals surface area contributed by atoms with Crippen molar-refractivity contribution in [1.82, 2.24) is 0 Å². The number of carbonyl (C=O) groups excluding carboxylic acids is 1. The Balaban J connectivity index is 0.000000732. The van der Waals surface area contributed by atoms with Gasteiger partial charge in [0, 0.05) is 41.9 Å². The molecule has 0 radical (unpaired) electrons. The van der Waals surface area contributed by atoms with Crippen LogP contribution in [0.3, 0.4) is 0 Å². The van der Waals surface area contributed by atoms with E-state index in [0.29, 0.717) is 12.2 Å². The molecule has 202 valence electrons. The zero-order chi connectivity index (χ0) is 28.0. The minimum atomic E-state index is -4.69. The van der Waals surface area contributed by atoms with E-state index in [2.05, 4.69) is 43.2 Å². The average molecular weight is 543 g/mol. The lowest BCUT2D eigenvalue weighted by atomic mass is 9.90. The van der Waals surface area contributed by atoms with Crippen molar-refractivity contribution in [2.24, 2.45) is 4.99 Å². The molecule has 1 aliphatic carbocycles. The van der Waals surface area contributed by atoms with E-state index in [1.54, 1.807) is 0 Å². The summed E-state index contributed by atoms with van der Waals surface area (Å²) in [7, 11) is -4.69. The number of fused-ring (bicyclic) bond motifs is 2. The first-order valence-electron chi connectivity index (χ1n) is 12.1. The van der Waals surface area contributed by atoms with E-state index < -0.39 is 10.2 Å². The van der Waals surface area contributed by atoms with Crippen LogP contribution in [0.25, 0.3) is 33.4 Å². The minimum Gasteiger partial charge on any atom is -0.462 e. The quantitative estimate of drug-likeness (QED) is 0.278. The lowest BCUT2D eigenvalue weighted by Gasteiger charge is -2.19. The van der Waals surface area contributed by atoms with Crippen molar-refractivity contribution in [3.63, 3.8) is 0 Å². The van der Waals surface area contributed by atoms with Crippen molar-refractivity contribution < 1.29 is 42.8 Å². The van der Waals surface area contributed by atoms with Crippen LogP contribution in [-0.4, -0.2) is 30.3 Å². The molecule has 0 atom stereocenters. The Hall–Kier alpha value is -3.47. The molecular weight excluding hydrogens is 512 g/mol. The predicted octanol–water partition coefficient (Wildman–Crippen LogP) is 2.23. The van der Waals surface area contributed by atoms with Gasteiger partial charge in [-0.1, -0.05) is 18.2 Å². The van der Waals surface area contributed by atoms with Crippen LogP contribution < -0.4 is 24.7 Å². The highest BCUT2D eigenvalue weighted by molar-refractivity contribution is 6.06. The molecule has 10 heteroatoms. The topological polar surface area (TPSA) is 153 Å². The molecule has 0 bridgehead atoms. The van der Waals surface area contributed by atoms with Gasteiger partial charge in [-0.25, -0.2) is 4.79 Å². The maximum atomic E-state index is 12.8. The van der Waals surface area contributed by atoms with Gasteiger partial charge in [-0.05, 0) is 75.1 Å². The third kappa shape index (κ3) is 6.89. The number of anilines is 1. The number of halogens is 1. The molecule has 0 spiro atoms. The molecule has 2 N–H and O–H groups in total. The van der Waals surface area contributed by atoms with E-state index in [-0.39, 0.29) is 5.97 Å². The van der Waals surface area contributed by atoms with Gasteiger partial charge in [0.2, 0.25) is 0 Å². The van der Waals surface area contributed by atoms with Crippen molar-refractivity contribution >= 4 is 22.6 Å². The van der Waals surface area contributed by atoms with Crippen molar-refractivity contribution in [3.8, 4) is 22.5 Å². The number of nitrogens with zero attached hydrogens (tertiary/aromatic N) is 1. The summed E-state index contributed by atoms with van der Waals surface area (Å²) in [4.78, 5) is 17.4. The fourth-order valence-corrected chi connectivity index (χ4v) is 4.33. The monoisotopic (exact) mass is 542 g/mol. The SMILES string of the molecule is CCN=c1cc2oc3cc(NCC)c(C)c(-c4ccccc4C(=O)OCC)c3cc-2cc1C.[O-][Cl+3]([O-])([O-])O. The van der Waals surface area contributed by atoms with Gasteiger partial charge in [0.05, 0.1) is 32.4 Å². The van der Waals surface area contributed by atoms with E-state index in [1.165, 1.54) is 0 Å². The first-order valence-corrected chi connectivity index (χ1v) is 13.4. The number of hydrogen-bond acceptors (Lipinski definition) is 9. The molecule has 1 heterocycles. The largest absolute Gasteiger partial charge is 0.462 e. The normalized spacial score (nSPS) is 11.9. The first kappa shape index (κ1) is 29.1. The molecule has 0 unspecified atom stereocenters. The van der Waals surface area contributed by atoms with E-state index in [4.69, 9.17) is 27.8 Å². The zero-order valence-electron chi connectivity index (χ0n) is 22.0. The molecule has 2 aromatic rings. The standard InChI is InChI=1S/C28H30N2O3.ClHO4/c1-6-29-23-15-25-19(13-17(23)4)14-22-26(33-25)16-24(30-7-2)18(5)27(22)20-11-9-10-12-21(20)28(31)32-8-3;2-1(3,4)5/h9-16,30H,6-8H2,1-5H3;(H,2,3,4,5). The van der Waals surface area contributed by atoms with Crippen molar-refractivity contribution in [3.05, 3.63) is 70.6 Å². The lowest BCUT2D eigenvalue weighted by molar-refractivity contribution is -1.92. The Kier molecular flexibility index (Phi) is 9.48. The number of rotatable bonds is 6. The van der Waals surface area contributed by atoms with Gasteiger partial charge < -0.3 is 14.5 Å². The molecule has 2 aliphatic rings. The Labute approximate surface area is 223 Å². The van der Waals surface area contributed by atoms with E-state index in [1.807, 2.05) is 50.2 Å². The van der Waals surface area contributed by atoms with Gasteiger partial charge in [-0.15, -0.1) is 0 Å². The van der Waals surface area contributed by atoms with Crippen LogP contribution in [-0.2, 0) is 4.74 Å². The van der Waals surface area contributed by atoms with Gasteiger partial charge in [0.1, 0.15) is 11.3 Å². The fraction of sp³-hybridized carbons (Fsp3) is 0.286. The third-order valence-electron chi connectivity index (χ3n) is 5.82. The Morgan fingerprint density at radius 3 is 2.39 bits per heavy atom. The molecule has 0 amide bonds. The second-order valence-corrected chi connectivity index (χ2v) is 9.22. The van der Waals surface area contributed by atoms with Crippen LogP contribution in [0.2, 0.25) is 0 Å². The lowest BCUT2D eigenvalue weighted by Crippen LogP contribution is -2.58. The number of esters is 1. The van der Waals surface area contributed by atoms with Gasteiger partial charge in [0.15, 0.2) is 0 Å². The number of hydrogen-bond donors (Lipinski definition) is 2. The van der Waals surface area contributed by atoms with Crippen LogP contribution >= 0.6 is 0 Å². The van der Waals surface area contributed by atoms with Crippen LogP contribution in [0.1, 0.15) is 42.3 Å². The van der Waals surface area contributed by atoms with Crippen LogP contribution in [0.4, 0.5) is 5.69 Å². The fourth-order valence-electron chi connectivity index (χ4n) is 4.33. The molecule has 0 saturated heterocycles. The first-order chi connectivity index (χ1) is 18.0. The minimum absolute atomic E-state index is 0.325. The number of aryl methyl sites for hydroxylation is 1. The zero-order valence-corrected chi connectivity index (χ0v) is 22.7. The molecule has 38 heavy (non-hydrogen) atoms. The van der Waals surface area contributed by atoms with Crippen LogP contribution in [0.5, 0.6) is 0 Å². The highest BCUT2D eigenvalue weighted by Gasteiger charge is 2.21. The summed E-state index contributed by atoms with van der Waals surface area (Å²) in [6.45, 7) is 11.9. The van der Waals surface area contributed by atoms with E-state index in [9.17, 15) is 4.79 Å². The smallest absolute Gasteiger partial charge is 0.338 e. The summed E-state index contributed by atoms with van der Waals surface area (Å²) in [5, 5.41) is 5.35. The predicted molar refractivity (Wildman–Crippen MR) is 136 cm³/mol. The van der Waals surface area contributed by atoms with Crippen LogP contribution in [0, 0.1) is 24.1 Å². The summed E-state index contributed by atoms with van der Waals surface area (Å²) in [6.07, 6.45) is 0. The van der Waals surface area contributed by atoms with Gasteiger partial charge in [0.25, 0.3) is 0 Å². The maximum absolute atomic E-state index is 12.8. The summed E-state index contributed by atoms with van der Waals surface area (Å²) in [6, 6.07) is 15.9. The van der Waals surface area contributed by atoms with Gasteiger partial charge in [-0.2, -0.15) is 14.0 Å². The maximum Gasteiger partial charge on any atom is 0.338 e. The molecular formula is C28H31ClN2O7. The second kappa shape index (κ2) is 12.4. The molecule has 0 aromatic heterocycles. The molecule has 0 fully saturated rings. The van der Waals surface area contributed by atoms with Crippen LogP contribution in [0.15, 0.2) is 57.9 Å². The average Bonchev–Trinajstić information content (AvgIpc) is 2.84. The Morgan fingerprint density at radius 1 is 1.08 bits per heavy atom. The summed E-state index contributed by atoms with van der Waals surface area (Å²) >= 11 is 0. The Bertz CT molecular complexity index is 1470. The highest BCUT2D eigenvalue weighted by atomic mass is 35.7. The van der Waals surface area contributed by atoms with Gasteiger partial charge >= 0.3 is 5.97 Å². The van der Waals surface area contributed by atoms with Gasteiger partial charge in [-0.3, -0.25) is 4.99 Å². The third-order valence-corrected chi connectivity index (χ3v) is 5.82. The van der Waals surface area contributed by atoms with Crippen molar-refractivity contribution in [2.75, 3.05) is 25.0 Å². The van der Waals surface area contributed by atoms with E-state index in [0.717, 1.165) is 68.7 Å². The Morgan fingerprint density at radius 2 is 1.76 bits per heavy atom.